The van der Waals surface area contributed by atoms with Crippen LogP contribution < -0.4 is 21.3 Å². The lowest BCUT2D eigenvalue weighted by Crippen LogP contribution is -2.71. The molecule has 10 heterocycles. The molecule has 0 spiro atoms. The summed E-state index contributed by atoms with van der Waals surface area (Å²) in [6, 6.07) is -7.65. The number of amides is 4. The molecule has 10 fully saturated rings. The van der Waals surface area contributed by atoms with Crippen LogP contribution in [0.2, 0.25) is 0 Å². The molecule has 0 aliphatic carbocycles. The van der Waals surface area contributed by atoms with Gasteiger partial charge in [0.2, 0.25) is 23.6 Å². The Morgan fingerprint density at radius 2 is 0.451 bits per heavy atom. The molecule has 706 valence electrons. The first-order chi connectivity index (χ1) is 57.7. The van der Waals surface area contributed by atoms with Crippen LogP contribution in [0.15, 0.2) is 0 Å². The zero-order chi connectivity index (χ0) is 89.8. The van der Waals surface area contributed by atoms with E-state index in [1.165, 1.54) is 6.92 Å². The Kier molecular flexibility index (Phi) is 35.8. The molecule has 10 rings (SSSR count). The summed E-state index contributed by atoms with van der Waals surface area (Å²) in [4.78, 5) is 51.6. The second-order valence-corrected chi connectivity index (χ2v) is 30.9. The van der Waals surface area contributed by atoms with Crippen LogP contribution in [-0.4, -0.2) is 528 Å². The quantitative estimate of drug-likeness (QED) is 0.0306. The summed E-state index contributed by atoms with van der Waals surface area (Å²) in [6.45, 7) is -4.96. The van der Waals surface area contributed by atoms with Gasteiger partial charge in [0, 0.05) is 27.7 Å². The van der Waals surface area contributed by atoms with Crippen molar-refractivity contribution in [3.63, 3.8) is 0 Å². The smallest absolute Gasteiger partial charge is 0.217 e. The van der Waals surface area contributed by atoms with Gasteiger partial charge in [-0.05, 0) is 6.92 Å². The molecule has 54 heteroatoms. The molecule has 4 amide bonds. The maximum Gasteiger partial charge on any atom is 0.217 e. The number of nitrogens with one attached hydrogen (secondary N) is 4. The van der Waals surface area contributed by atoms with Gasteiger partial charge in [0.05, 0.1) is 65.6 Å². The van der Waals surface area contributed by atoms with Gasteiger partial charge in [0.15, 0.2) is 62.9 Å². The molecule has 54 nitrogen and oxygen atoms in total. The van der Waals surface area contributed by atoms with Crippen LogP contribution in [0.4, 0.5) is 0 Å². The average Bonchev–Trinajstić information content (AvgIpc) is 0.764. The first-order valence-electron chi connectivity index (χ1n) is 39.0. The van der Waals surface area contributed by atoms with Crippen molar-refractivity contribution < 1.29 is 247 Å². The van der Waals surface area contributed by atoms with E-state index < -0.39 is 390 Å². The molecule has 10 aliphatic rings. The average molecular weight is 1790 g/mol. The number of aliphatic hydroxyl groups excluding tert-OH is 27. The Morgan fingerprint density at radius 1 is 0.213 bits per heavy atom. The Bertz CT molecular complexity index is 3290. The third-order valence-corrected chi connectivity index (χ3v) is 22.5. The van der Waals surface area contributed by atoms with Gasteiger partial charge in [0.1, 0.15) is 238 Å². The van der Waals surface area contributed by atoms with Gasteiger partial charge in [-0.2, -0.15) is 0 Å². The number of ether oxygens (including phenoxy) is 19. The second-order valence-electron chi connectivity index (χ2n) is 30.9. The summed E-state index contributed by atoms with van der Waals surface area (Å²) in [5.74, 6) is -3.74. The van der Waals surface area contributed by atoms with E-state index in [9.17, 15) is 157 Å². The summed E-state index contributed by atoms with van der Waals surface area (Å²) in [5.41, 5.74) is 0. The van der Waals surface area contributed by atoms with Gasteiger partial charge in [-0.1, -0.05) is 0 Å². The van der Waals surface area contributed by atoms with Crippen molar-refractivity contribution in [2.75, 3.05) is 59.5 Å². The van der Waals surface area contributed by atoms with Crippen molar-refractivity contribution >= 4 is 23.6 Å². The van der Waals surface area contributed by atoms with E-state index in [-0.39, 0.29) is 0 Å². The molecule has 50 atom stereocenters. The van der Waals surface area contributed by atoms with Crippen molar-refractivity contribution in [3.8, 4) is 0 Å². The van der Waals surface area contributed by atoms with Crippen molar-refractivity contribution in [2.45, 2.75) is 341 Å². The van der Waals surface area contributed by atoms with E-state index in [0.717, 1.165) is 27.7 Å². The van der Waals surface area contributed by atoms with Gasteiger partial charge in [-0.15, -0.1) is 0 Å². The van der Waals surface area contributed by atoms with Crippen LogP contribution in [0, 0.1) is 0 Å². The van der Waals surface area contributed by atoms with E-state index in [1.807, 2.05) is 0 Å². The fraction of sp³-hybridized carbons (Fsp3) is 0.941. The standard InChI is InChI=1S/C68H114N4O50/c1-15-33(86)43(96)46(99)64(104-15)122-58-57(121-60-29(69-16(2)82)39(92)34(87)20(6-73)106-60)38(91)24(10-77)110-68(58)117-52-28(14-81)113-63(32(42(52)95)72-19(5)85)119-55-36(89)22(8-75)108-66(48(55)101)115-50-26(12-79)111-61(30(40(50)93)70-17(3)83)118-54-35(88)21(7-74)107-65(47(54)100)114-51-27(13-80)112-62(31(41(51)94)71-18(4)84)120-56-37(90)23(9-76)109-67(49(56)102)116-53-25(11-78)105-59(103)45(98)44(53)97/h15,20-68,73-81,86-103H,6-14H2,1-5H3,(H,69,82)(H,70,83)(H,71,84)(H,72,85)/t15-,20+,21+,22+,23+,24+,25+,26+,27+,28+,29+,30+,31+,32+,33+,34-,35-,36-,37-,38-,39+,40+,41+,42+,43+,44+,45+,46-,47+,48+,49+,50+,51+,52-,53+,54-,55-,56-,57-,58+,59+,60+,61-,62-,63-,64-,65-,66-,67-,68-/m0/s1. The molecule has 31 N–H and O–H groups in total. The minimum Gasteiger partial charge on any atom is -0.394 e. The normalized spacial score (nSPS) is 49.7. The summed E-state index contributed by atoms with van der Waals surface area (Å²) in [7, 11) is 0. The highest BCUT2D eigenvalue weighted by molar-refractivity contribution is 5.74. The Labute approximate surface area is 691 Å². The van der Waals surface area contributed by atoms with Crippen LogP contribution >= 0.6 is 0 Å². The molecule has 0 aromatic heterocycles. The lowest BCUT2D eigenvalue weighted by Gasteiger charge is -2.52. The second kappa shape index (κ2) is 43.6. The minimum atomic E-state index is -2.42. The first kappa shape index (κ1) is 100. The first-order valence-corrected chi connectivity index (χ1v) is 39.0. The van der Waals surface area contributed by atoms with Crippen LogP contribution in [0.3, 0.4) is 0 Å². The monoisotopic (exact) mass is 1790 g/mol. The van der Waals surface area contributed by atoms with Gasteiger partial charge >= 0.3 is 0 Å². The van der Waals surface area contributed by atoms with Crippen molar-refractivity contribution in [2.24, 2.45) is 0 Å². The van der Waals surface area contributed by atoms with E-state index in [4.69, 9.17) is 90.0 Å². The molecule has 0 aromatic carbocycles. The van der Waals surface area contributed by atoms with Gasteiger partial charge in [-0.25, -0.2) is 0 Å². The van der Waals surface area contributed by atoms with E-state index in [2.05, 4.69) is 21.3 Å². The van der Waals surface area contributed by atoms with Crippen molar-refractivity contribution in [1.29, 1.82) is 0 Å². The summed E-state index contributed by atoms with van der Waals surface area (Å²) in [6.07, 6.45) is -93.9. The van der Waals surface area contributed by atoms with E-state index in [1.54, 1.807) is 0 Å². The zero-order valence-corrected chi connectivity index (χ0v) is 65.7. The molecule has 122 heavy (non-hydrogen) atoms. The van der Waals surface area contributed by atoms with Crippen LogP contribution in [0.5, 0.6) is 0 Å². The third-order valence-electron chi connectivity index (χ3n) is 22.5. The molecule has 0 aromatic rings. The van der Waals surface area contributed by atoms with Gasteiger partial charge in [-0.3, -0.25) is 19.2 Å². The minimum absolute atomic E-state index is 0.842. The molecule has 0 unspecified atom stereocenters. The molecule has 0 radical (unpaired) electrons. The maximum absolute atomic E-state index is 13.2. The third kappa shape index (κ3) is 21.7. The zero-order valence-electron chi connectivity index (χ0n) is 65.7. The van der Waals surface area contributed by atoms with Crippen LogP contribution in [0.25, 0.3) is 0 Å². The number of hydrogen-bond donors (Lipinski definition) is 31. The Hall–Kier alpha value is -3.96. The fourth-order valence-electron chi connectivity index (χ4n) is 16.0. The van der Waals surface area contributed by atoms with Crippen LogP contribution in [-0.2, 0) is 109 Å². The molecule has 10 aliphatic heterocycles. The highest BCUT2D eigenvalue weighted by Gasteiger charge is 2.63. The molecular weight excluding hydrogens is 1670 g/mol. The molecular formula is C68H114N4O50. The number of carbonyl (C=O) groups is 4. The van der Waals surface area contributed by atoms with Crippen molar-refractivity contribution in [1.82, 2.24) is 21.3 Å². The summed E-state index contributed by atoms with van der Waals surface area (Å²) in [5, 5.41) is 310. The number of hydrogen-bond acceptors (Lipinski definition) is 50. The summed E-state index contributed by atoms with van der Waals surface area (Å²) < 4.78 is 112. The van der Waals surface area contributed by atoms with E-state index in [0.29, 0.717) is 0 Å². The van der Waals surface area contributed by atoms with E-state index >= 15 is 0 Å². The molecule has 10 saturated heterocycles. The lowest BCUT2D eigenvalue weighted by molar-refractivity contribution is -0.402. The Morgan fingerprint density at radius 3 is 0.779 bits per heavy atom. The largest absolute Gasteiger partial charge is 0.394 e. The molecule has 0 bridgehead atoms. The molecule has 0 saturated carbocycles. The van der Waals surface area contributed by atoms with Crippen molar-refractivity contribution in [3.05, 3.63) is 0 Å². The Balaban J connectivity index is 0.858. The number of aliphatic hydroxyl groups is 27. The van der Waals surface area contributed by atoms with Gasteiger partial charge in [0.25, 0.3) is 0 Å². The lowest BCUT2D eigenvalue weighted by atomic mass is 9.93. The topological polar surface area (TPSA) is 838 Å². The summed E-state index contributed by atoms with van der Waals surface area (Å²) >= 11 is 0. The predicted molar refractivity (Wildman–Crippen MR) is 375 cm³/mol. The fourth-order valence-corrected chi connectivity index (χ4v) is 16.0. The highest BCUT2D eigenvalue weighted by Crippen LogP contribution is 2.42. The highest BCUT2D eigenvalue weighted by atomic mass is 16.8. The van der Waals surface area contributed by atoms with Crippen LogP contribution in [0.1, 0.15) is 34.6 Å². The predicted octanol–water partition coefficient (Wildman–Crippen LogP) is -21.2. The SMILES string of the molecule is CC(=O)N[C@H]1[C@H](O[C@H]2[C@@H](O)[C@@H](CO)O[C@@H](O[C@H]3[C@H](O)[C@@H](NC(C)=O)[C@H](O[C@H]4[C@@H](O)[C@@H](CO)O[C@@H](O[C@H]5[C@H](O)[C@@H](NC(C)=O)[C@H](O[C@H]6[C@@H](O)[C@@H](CO)O[C@@H](O[C@H]7[C@H](O)[C@@H](O)[C@H](O)O[C@@H]7CO)[C@@H]6O)O[C@@H]5CO)[C@@H]4O)O[C@@H]3CO)[C@@H]2O)O[C@H](CO)[C@H](O[C@@H]2O[C@H](CO)[C@H](O)[C@H](O[C@H]3O[C@H](CO)[C@H](O)[C@H](O)[C@H]3NC(C)=O)[C@H]2O[C@@H]2O[C@@H](C)[C@@H](O)[C@@H](O)[C@@H]2O)[C@@H]1O. The maximum atomic E-state index is 13.2. The number of rotatable bonds is 31. The number of carbonyl (C=O) groups excluding carboxylic acids is 4. The van der Waals surface area contributed by atoms with Gasteiger partial charge < -0.3 is 249 Å².